The van der Waals surface area contributed by atoms with E-state index in [-0.39, 0.29) is 0 Å². The number of rotatable bonds is 5. The van der Waals surface area contributed by atoms with Crippen molar-refractivity contribution >= 4 is 75.5 Å². The van der Waals surface area contributed by atoms with Crippen LogP contribution in [0.5, 0.6) is 0 Å². The lowest BCUT2D eigenvalue weighted by Crippen LogP contribution is -2.00. The third-order valence-corrected chi connectivity index (χ3v) is 11.7. The van der Waals surface area contributed by atoms with E-state index in [0.29, 0.717) is 34.6 Å². The van der Waals surface area contributed by atoms with Gasteiger partial charge in [-0.05, 0) is 48.5 Å². The molecule has 0 spiro atoms. The molecule has 12 aromatic rings. The summed E-state index contributed by atoms with van der Waals surface area (Å²) in [6, 6.07) is 55.3. The van der Waals surface area contributed by atoms with Crippen molar-refractivity contribution in [1.82, 2.24) is 24.9 Å². The van der Waals surface area contributed by atoms with Crippen molar-refractivity contribution in [2.24, 2.45) is 0 Å². The van der Waals surface area contributed by atoms with E-state index in [9.17, 15) is 0 Å². The zero-order valence-electron chi connectivity index (χ0n) is 30.0. The van der Waals surface area contributed by atoms with Crippen LogP contribution >= 0.6 is 11.3 Å². The molecule has 0 aliphatic rings. The monoisotopic (exact) mass is 749 g/mol. The number of hydrogen-bond donors (Lipinski definition) is 0. The van der Waals surface area contributed by atoms with E-state index in [4.69, 9.17) is 33.8 Å². The number of benzene rings is 7. The fraction of sp³-hybridized carbons (Fsp3) is 0. The molecule has 0 fully saturated rings. The molecule has 0 saturated carbocycles. The first-order valence-corrected chi connectivity index (χ1v) is 19.5. The summed E-state index contributed by atoms with van der Waals surface area (Å²) in [6.45, 7) is 0. The summed E-state index contributed by atoms with van der Waals surface area (Å²) < 4.78 is 15.4. The second-order valence-corrected chi connectivity index (χ2v) is 15.1. The van der Waals surface area contributed by atoms with Crippen LogP contribution in [0.25, 0.3) is 121 Å². The molecule has 5 heterocycles. The smallest absolute Gasteiger partial charge is 0.180 e. The van der Waals surface area contributed by atoms with Gasteiger partial charge in [-0.2, -0.15) is 0 Å². The highest BCUT2D eigenvalue weighted by atomic mass is 32.1. The van der Waals surface area contributed by atoms with Crippen LogP contribution in [-0.2, 0) is 0 Å². The zero-order valence-corrected chi connectivity index (χ0v) is 30.9. The van der Waals surface area contributed by atoms with Crippen LogP contribution < -0.4 is 0 Å². The fourth-order valence-electron chi connectivity index (χ4n) is 7.87. The van der Waals surface area contributed by atoms with Gasteiger partial charge in [-0.1, -0.05) is 115 Å². The normalized spacial score (nSPS) is 11.9. The molecule has 5 aromatic heterocycles. The first-order chi connectivity index (χ1) is 28.2. The molecular weight excluding hydrogens is 723 g/mol. The molecule has 12 rings (SSSR count). The Morgan fingerprint density at radius 2 is 1.00 bits per heavy atom. The second kappa shape index (κ2) is 12.5. The van der Waals surface area contributed by atoms with Gasteiger partial charge in [0.1, 0.15) is 28.0 Å². The number of furan rings is 2. The molecule has 0 unspecified atom stereocenters. The Labute approximate surface area is 328 Å². The zero-order chi connectivity index (χ0) is 37.5. The minimum absolute atomic E-state index is 0.557. The van der Waals surface area contributed by atoms with E-state index >= 15 is 0 Å². The van der Waals surface area contributed by atoms with Crippen LogP contribution in [0.3, 0.4) is 0 Å². The van der Waals surface area contributed by atoms with Gasteiger partial charge in [-0.3, -0.25) is 0 Å². The van der Waals surface area contributed by atoms with Crippen molar-refractivity contribution < 1.29 is 8.83 Å². The first-order valence-electron chi connectivity index (χ1n) is 18.7. The SMILES string of the molecule is c1ccc(-c2nc(-c3ccc4c(c3)sc3ccccc34)nc(-c3cccc4oc5ccc(-c6nc(-c7ccccc7)nc7c6oc6ccccc67)cc5c34)n2)cc1. The van der Waals surface area contributed by atoms with Crippen LogP contribution in [0.1, 0.15) is 0 Å². The van der Waals surface area contributed by atoms with Gasteiger partial charge in [-0.15, -0.1) is 11.3 Å². The molecule has 0 amide bonds. The van der Waals surface area contributed by atoms with Gasteiger partial charge in [0, 0.05) is 64.1 Å². The lowest BCUT2D eigenvalue weighted by atomic mass is 10.0. The molecule has 7 nitrogen and oxygen atoms in total. The summed E-state index contributed by atoms with van der Waals surface area (Å²) in [4.78, 5) is 25.5. The molecule has 7 aromatic carbocycles. The van der Waals surface area contributed by atoms with E-state index in [1.807, 2.05) is 109 Å². The first kappa shape index (κ1) is 31.8. The fourth-order valence-corrected chi connectivity index (χ4v) is 9.02. The number of para-hydroxylation sites is 1. The van der Waals surface area contributed by atoms with Gasteiger partial charge < -0.3 is 8.83 Å². The molecule has 0 aliphatic carbocycles. The van der Waals surface area contributed by atoms with Gasteiger partial charge in [0.25, 0.3) is 0 Å². The summed E-state index contributed by atoms with van der Waals surface area (Å²) in [5, 5.41) is 5.24. The Hall–Kier alpha value is -7.55. The maximum absolute atomic E-state index is 6.51. The van der Waals surface area contributed by atoms with Gasteiger partial charge >= 0.3 is 0 Å². The third-order valence-electron chi connectivity index (χ3n) is 10.6. The van der Waals surface area contributed by atoms with Crippen molar-refractivity contribution in [1.29, 1.82) is 0 Å². The van der Waals surface area contributed by atoms with Crippen LogP contribution in [0.4, 0.5) is 0 Å². The highest BCUT2D eigenvalue weighted by molar-refractivity contribution is 7.25. The van der Waals surface area contributed by atoms with E-state index in [2.05, 4.69) is 54.6 Å². The third kappa shape index (κ3) is 5.15. The standard InChI is InChI=1S/C49H27N5O2S/c1-3-12-28(13-4-1)46-50-43(45-44(51-46)34-17-7-9-19-37(34)56-45)30-23-25-38-36(26-30)42-35(18-11-20-39(42)55-38)49-53-47(29-14-5-2-6-15-29)52-48(54-49)31-22-24-33-32-16-8-10-21-40(32)57-41(33)27-31/h1-27H. The van der Waals surface area contributed by atoms with Crippen LogP contribution in [-0.4, -0.2) is 24.9 Å². The molecular formula is C49H27N5O2S. The Bertz CT molecular complexity index is 3540. The quantitative estimate of drug-likeness (QED) is 0.173. The van der Waals surface area contributed by atoms with Crippen LogP contribution in [0.2, 0.25) is 0 Å². The average Bonchev–Trinajstić information content (AvgIpc) is 3.97. The number of thiophene rings is 1. The van der Waals surface area contributed by atoms with Crippen molar-refractivity contribution in [3.05, 3.63) is 164 Å². The molecule has 0 saturated heterocycles. The largest absolute Gasteiger partial charge is 0.456 e. The average molecular weight is 750 g/mol. The maximum atomic E-state index is 6.51. The number of nitrogens with zero attached hydrogens (tertiary/aromatic N) is 5. The summed E-state index contributed by atoms with van der Waals surface area (Å²) in [7, 11) is 0. The second-order valence-electron chi connectivity index (χ2n) is 14.0. The number of hydrogen-bond acceptors (Lipinski definition) is 8. The lowest BCUT2D eigenvalue weighted by Gasteiger charge is -2.10. The summed E-state index contributed by atoms with van der Waals surface area (Å²) in [5.74, 6) is 2.38. The van der Waals surface area contributed by atoms with Crippen LogP contribution in [0, 0.1) is 0 Å². The topological polar surface area (TPSA) is 90.7 Å². The predicted molar refractivity (Wildman–Crippen MR) is 230 cm³/mol. The molecule has 0 radical (unpaired) electrons. The van der Waals surface area contributed by atoms with Gasteiger partial charge in [0.2, 0.25) is 0 Å². The molecule has 0 atom stereocenters. The van der Waals surface area contributed by atoms with E-state index in [1.54, 1.807) is 11.3 Å². The minimum Gasteiger partial charge on any atom is -0.456 e. The number of aromatic nitrogens is 5. The van der Waals surface area contributed by atoms with Gasteiger partial charge in [-0.25, -0.2) is 24.9 Å². The van der Waals surface area contributed by atoms with Crippen molar-refractivity contribution in [2.75, 3.05) is 0 Å². The predicted octanol–water partition coefficient (Wildman–Crippen LogP) is 13.2. The summed E-state index contributed by atoms with van der Waals surface area (Å²) in [6.07, 6.45) is 0. The lowest BCUT2D eigenvalue weighted by molar-refractivity contribution is 0.666. The minimum atomic E-state index is 0.557. The van der Waals surface area contributed by atoms with Crippen molar-refractivity contribution in [3.8, 4) is 56.8 Å². The highest BCUT2D eigenvalue weighted by Crippen LogP contribution is 2.41. The Balaban J connectivity index is 1.08. The van der Waals surface area contributed by atoms with E-state index < -0.39 is 0 Å². The van der Waals surface area contributed by atoms with E-state index in [1.165, 1.54) is 20.2 Å². The molecule has 0 aliphatic heterocycles. The summed E-state index contributed by atoms with van der Waals surface area (Å²) in [5.41, 5.74) is 8.82. The maximum Gasteiger partial charge on any atom is 0.180 e. The Morgan fingerprint density at radius 1 is 0.368 bits per heavy atom. The molecule has 266 valence electrons. The van der Waals surface area contributed by atoms with E-state index in [0.717, 1.165) is 66.2 Å². The van der Waals surface area contributed by atoms with Crippen molar-refractivity contribution in [3.63, 3.8) is 0 Å². The summed E-state index contributed by atoms with van der Waals surface area (Å²) >= 11 is 1.78. The number of fused-ring (bicyclic) bond motifs is 9. The van der Waals surface area contributed by atoms with Gasteiger partial charge in [0.05, 0.1) is 0 Å². The molecule has 0 bridgehead atoms. The molecule has 0 N–H and O–H groups in total. The van der Waals surface area contributed by atoms with Crippen LogP contribution in [0.15, 0.2) is 173 Å². The molecule has 57 heavy (non-hydrogen) atoms. The van der Waals surface area contributed by atoms with Gasteiger partial charge in [0.15, 0.2) is 28.9 Å². The Kier molecular flexibility index (Phi) is 6.96. The highest BCUT2D eigenvalue weighted by Gasteiger charge is 2.22. The van der Waals surface area contributed by atoms with Crippen molar-refractivity contribution in [2.45, 2.75) is 0 Å². The molecule has 8 heteroatoms. The Morgan fingerprint density at radius 3 is 1.82 bits per heavy atom.